The predicted molar refractivity (Wildman–Crippen MR) is 81.0 cm³/mol. The van der Waals surface area contributed by atoms with Crippen molar-refractivity contribution in [1.29, 1.82) is 0 Å². The van der Waals surface area contributed by atoms with Crippen LogP contribution in [0.4, 0.5) is 0 Å². The number of nitrogens with one attached hydrogen (secondary N) is 1. The lowest BCUT2D eigenvalue weighted by Gasteiger charge is -2.16. The standard InChI is InChI=1S/C15H14ClNOS/c1-10(11-6-2-4-8-13(11)16)17-15(18)12-7-3-5-9-14(12)19/h2-10,19H,1H3,(H,17,18). The Morgan fingerprint density at radius 3 is 2.47 bits per heavy atom. The van der Waals surface area contributed by atoms with Crippen molar-refractivity contribution < 1.29 is 4.79 Å². The first-order valence-corrected chi connectivity index (χ1v) is 6.75. The molecule has 0 aliphatic rings. The van der Waals surface area contributed by atoms with Gasteiger partial charge < -0.3 is 5.32 Å². The maximum atomic E-state index is 12.2. The summed E-state index contributed by atoms with van der Waals surface area (Å²) in [5.74, 6) is -0.155. The summed E-state index contributed by atoms with van der Waals surface area (Å²) in [5.41, 5.74) is 1.46. The van der Waals surface area contributed by atoms with Crippen molar-refractivity contribution in [3.05, 3.63) is 64.7 Å². The number of rotatable bonds is 3. The van der Waals surface area contributed by atoms with E-state index < -0.39 is 0 Å². The first-order chi connectivity index (χ1) is 9.09. The zero-order valence-corrected chi connectivity index (χ0v) is 12.1. The van der Waals surface area contributed by atoms with E-state index in [0.717, 1.165) is 5.56 Å². The molecule has 0 bridgehead atoms. The molecule has 1 amide bonds. The molecule has 2 nitrogen and oxygen atoms in total. The lowest BCUT2D eigenvalue weighted by atomic mass is 10.1. The minimum atomic E-state index is -0.158. The van der Waals surface area contributed by atoms with Crippen molar-refractivity contribution in [2.24, 2.45) is 0 Å². The first-order valence-electron chi connectivity index (χ1n) is 5.93. The average Bonchev–Trinajstić information content (AvgIpc) is 2.39. The monoisotopic (exact) mass is 291 g/mol. The van der Waals surface area contributed by atoms with Crippen LogP contribution in [0.1, 0.15) is 28.9 Å². The van der Waals surface area contributed by atoms with Gasteiger partial charge in [0.25, 0.3) is 5.91 Å². The van der Waals surface area contributed by atoms with Gasteiger partial charge in [0, 0.05) is 9.92 Å². The smallest absolute Gasteiger partial charge is 0.252 e. The second kappa shape index (κ2) is 6.13. The van der Waals surface area contributed by atoms with Gasteiger partial charge in [-0.05, 0) is 30.7 Å². The molecule has 0 aromatic heterocycles. The van der Waals surface area contributed by atoms with Gasteiger partial charge in [-0.25, -0.2) is 0 Å². The molecule has 0 spiro atoms. The average molecular weight is 292 g/mol. The summed E-state index contributed by atoms with van der Waals surface area (Å²) in [6, 6.07) is 14.5. The number of hydrogen-bond donors (Lipinski definition) is 2. The molecule has 0 heterocycles. The third-order valence-electron chi connectivity index (χ3n) is 2.87. The Kier molecular flexibility index (Phi) is 4.51. The van der Waals surface area contributed by atoms with Gasteiger partial charge in [-0.1, -0.05) is 41.9 Å². The fourth-order valence-corrected chi connectivity index (χ4v) is 2.41. The third-order valence-corrected chi connectivity index (χ3v) is 3.60. The quantitative estimate of drug-likeness (QED) is 0.819. The molecular formula is C15H14ClNOS. The summed E-state index contributed by atoms with van der Waals surface area (Å²) in [4.78, 5) is 12.8. The summed E-state index contributed by atoms with van der Waals surface area (Å²) in [7, 11) is 0. The van der Waals surface area contributed by atoms with Gasteiger partial charge in [0.2, 0.25) is 0 Å². The lowest BCUT2D eigenvalue weighted by molar-refractivity contribution is 0.0937. The van der Waals surface area contributed by atoms with Crippen LogP contribution in [0.5, 0.6) is 0 Å². The Labute approximate surface area is 123 Å². The number of thiol groups is 1. The van der Waals surface area contributed by atoms with Crippen LogP contribution in [0, 0.1) is 0 Å². The zero-order valence-electron chi connectivity index (χ0n) is 10.4. The second-order valence-corrected chi connectivity index (χ2v) is 5.12. The maximum absolute atomic E-state index is 12.2. The Morgan fingerprint density at radius 1 is 1.16 bits per heavy atom. The van der Waals surface area contributed by atoms with Crippen molar-refractivity contribution in [2.45, 2.75) is 17.9 Å². The number of hydrogen-bond acceptors (Lipinski definition) is 2. The van der Waals surface area contributed by atoms with E-state index in [1.54, 1.807) is 12.1 Å². The minimum Gasteiger partial charge on any atom is -0.345 e. The Bertz CT molecular complexity index is 600. The summed E-state index contributed by atoms with van der Waals surface area (Å²) in [6.07, 6.45) is 0. The summed E-state index contributed by atoms with van der Waals surface area (Å²) in [6.45, 7) is 1.90. The number of carbonyl (C=O) groups is 1. The van der Waals surface area contributed by atoms with Crippen LogP contribution >= 0.6 is 24.2 Å². The third kappa shape index (κ3) is 3.31. The predicted octanol–water partition coefficient (Wildman–Crippen LogP) is 4.12. The van der Waals surface area contributed by atoms with Gasteiger partial charge in [0.05, 0.1) is 11.6 Å². The summed E-state index contributed by atoms with van der Waals surface area (Å²) < 4.78 is 0. The molecule has 2 aromatic carbocycles. The van der Waals surface area contributed by atoms with Crippen LogP contribution in [-0.4, -0.2) is 5.91 Å². The highest BCUT2D eigenvalue weighted by molar-refractivity contribution is 7.80. The Hall–Kier alpha value is -1.45. The van der Waals surface area contributed by atoms with Crippen molar-refractivity contribution in [3.63, 3.8) is 0 Å². The van der Waals surface area contributed by atoms with Gasteiger partial charge in [-0.15, -0.1) is 12.6 Å². The zero-order chi connectivity index (χ0) is 13.8. The van der Waals surface area contributed by atoms with Crippen LogP contribution in [-0.2, 0) is 0 Å². The SMILES string of the molecule is CC(NC(=O)c1ccccc1S)c1ccccc1Cl. The molecule has 0 fully saturated rings. The molecule has 2 rings (SSSR count). The van der Waals surface area contributed by atoms with Gasteiger partial charge in [-0.2, -0.15) is 0 Å². The number of benzene rings is 2. The Balaban J connectivity index is 2.16. The van der Waals surface area contributed by atoms with Crippen LogP contribution < -0.4 is 5.32 Å². The normalized spacial score (nSPS) is 11.9. The van der Waals surface area contributed by atoms with Gasteiger partial charge in [-0.3, -0.25) is 4.79 Å². The molecule has 19 heavy (non-hydrogen) atoms. The fourth-order valence-electron chi connectivity index (χ4n) is 1.84. The molecule has 0 aliphatic carbocycles. The molecule has 2 aromatic rings. The van der Waals surface area contributed by atoms with Crippen molar-refractivity contribution in [2.75, 3.05) is 0 Å². The van der Waals surface area contributed by atoms with Crippen molar-refractivity contribution >= 4 is 30.1 Å². The largest absolute Gasteiger partial charge is 0.345 e. The van der Waals surface area contributed by atoms with Gasteiger partial charge in [0.15, 0.2) is 0 Å². The number of carbonyl (C=O) groups excluding carboxylic acids is 1. The maximum Gasteiger partial charge on any atom is 0.252 e. The second-order valence-electron chi connectivity index (χ2n) is 4.23. The van der Waals surface area contributed by atoms with E-state index in [2.05, 4.69) is 17.9 Å². The van der Waals surface area contributed by atoms with E-state index in [1.807, 2.05) is 43.3 Å². The molecule has 1 atom stereocenters. The summed E-state index contributed by atoms with van der Waals surface area (Å²) in [5, 5.41) is 3.57. The molecule has 1 unspecified atom stereocenters. The number of halogens is 1. The lowest BCUT2D eigenvalue weighted by Crippen LogP contribution is -2.27. The van der Waals surface area contributed by atoms with Gasteiger partial charge in [0.1, 0.15) is 0 Å². The van der Waals surface area contributed by atoms with E-state index in [1.165, 1.54) is 0 Å². The molecule has 0 aliphatic heterocycles. The van der Waals surface area contributed by atoms with Crippen LogP contribution in [0.3, 0.4) is 0 Å². The van der Waals surface area contributed by atoms with Crippen molar-refractivity contribution in [1.82, 2.24) is 5.32 Å². The van der Waals surface area contributed by atoms with E-state index in [4.69, 9.17) is 11.6 Å². The van der Waals surface area contributed by atoms with Crippen molar-refractivity contribution in [3.8, 4) is 0 Å². The number of amides is 1. The molecule has 0 radical (unpaired) electrons. The highest BCUT2D eigenvalue weighted by Crippen LogP contribution is 2.23. The first kappa shape index (κ1) is 14.0. The Morgan fingerprint density at radius 2 is 1.79 bits per heavy atom. The fraction of sp³-hybridized carbons (Fsp3) is 0.133. The van der Waals surface area contributed by atoms with E-state index in [9.17, 15) is 4.79 Å². The van der Waals surface area contributed by atoms with Crippen LogP contribution in [0.25, 0.3) is 0 Å². The molecule has 0 saturated carbocycles. The van der Waals surface area contributed by atoms with Crippen LogP contribution in [0.2, 0.25) is 5.02 Å². The molecular weight excluding hydrogens is 278 g/mol. The minimum absolute atomic E-state index is 0.155. The van der Waals surface area contributed by atoms with E-state index in [0.29, 0.717) is 15.5 Å². The van der Waals surface area contributed by atoms with Gasteiger partial charge >= 0.3 is 0 Å². The molecule has 98 valence electrons. The van der Waals surface area contributed by atoms with Crippen LogP contribution in [0.15, 0.2) is 53.4 Å². The summed E-state index contributed by atoms with van der Waals surface area (Å²) >= 11 is 10.4. The topological polar surface area (TPSA) is 29.1 Å². The van der Waals surface area contributed by atoms with E-state index >= 15 is 0 Å². The molecule has 1 N–H and O–H groups in total. The highest BCUT2D eigenvalue weighted by Gasteiger charge is 2.14. The molecule has 0 saturated heterocycles. The van der Waals surface area contributed by atoms with E-state index in [-0.39, 0.29) is 11.9 Å². The molecule has 4 heteroatoms. The highest BCUT2D eigenvalue weighted by atomic mass is 35.5.